The van der Waals surface area contributed by atoms with Gasteiger partial charge >= 0.3 is 0 Å². The molecule has 98 heavy (non-hydrogen) atoms. The summed E-state index contributed by atoms with van der Waals surface area (Å²) in [7, 11) is 0. The lowest BCUT2D eigenvalue weighted by Gasteiger charge is -2.37. The first kappa shape index (κ1) is 60.3. The number of hydrogen-bond donors (Lipinski definition) is 0. The van der Waals surface area contributed by atoms with Crippen molar-refractivity contribution in [2.45, 2.75) is 84.0 Å². The molecule has 0 fully saturated rings. The minimum Gasteiger partial charge on any atom is -0.455 e. The molecular formula is C93H77N3O2. The Morgan fingerprint density at radius 1 is 0.265 bits per heavy atom. The van der Waals surface area contributed by atoms with Crippen LogP contribution in [0.1, 0.15) is 101 Å². The largest absolute Gasteiger partial charge is 0.455 e. The zero-order chi connectivity index (χ0) is 66.8. The summed E-state index contributed by atoms with van der Waals surface area (Å²) in [5.41, 5.74) is 21.6. The van der Waals surface area contributed by atoms with Gasteiger partial charge in [-0.15, -0.1) is 0 Å². The summed E-state index contributed by atoms with van der Waals surface area (Å²) in [5.74, 6) is 0. The molecule has 1 atom stereocenters. The number of furan rings is 2. The first-order valence-electron chi connectivity index (χ1n) is 34.4. The van der Waals surface area contributed by atoms with E-state index < -0.39 is 5.41 Å². The third kappa shape index (κ3) is 9.72. The number of rotatable bonds is 11. The Bertz CT molecular complexity index is 5660. The molecule has 2 heterocycles. The maximum atomic E-state index is 7.77. The predicted molar refractivity (Wildman–Crippen MR) is 413 cm³/mol. The molecule has 14 aromatic carbocycles. The van der Waals surface area contributed by atoms with Crippen LogP contribution in [0.15, 0.2) is 312 Å². The van der Waals surface area contributed by atoms with Crippen molar-refractivity contribution >= 4 is 117 Å². The van der Waals surface area contributed by atoms with Gasteiger partial charge < -0.3 is 23.5 Å². The number of para-hydroxylation sites is 4. The summed E-state index contributed by atoms with van der Waals surface area (Å²) in [4.78, 5) is 7.36. The van der Waals surface area contributed by atoms with Crippen molar-refractivity contribution < 1.29 is 8.83 Å². The van der Waals surface area contributed by atoms with Crippen LogP contribution in [0.4, 0.5) is 51.2 Å². The van der Waals surface area contributed by atoms with E-state index in [0.717, 1.165) is 150 Å². The average molecular weight is 1270 g/mol. The third-order valence-corrected chi connectivity index (χ3v) is 20.6. The zero-order valence-electron chi connectivity index (χ0n) is 57.0. The predicted octanol–water partition coefficient (Wildman–Crippen LogP) is 26.5. The lowest BCUT2D eigenvalue weighted by atomic mass is 9.67. The Kier molecular flexibility index (Phi) is 14.1. The SMILES string of the molecule is CC(C)(C)c1ccc(N(c2ccc(C(C)(C)C)cc2)c2ccc(C3(c4ccc(C(C)(C)C)cc4)c4cc(N(c5ccccc5)c5cccc6ccccc56)c5c(oc6ccccc65)c4-c4c3cc(N(c3ccccc3)c3cccc5ccccc35)c3oc5ccccc5c43)cc2)cc1. The molecule has 0 saturated carbocycles. The number of nitrogens with zero attached hydrogens (tertiary/aromatic N) is 3. The highest BCUT2D eigenvalue weighted by molar-refractivity contribution is 6.26. The summed E-state index contributed by atoms with van der Waals surface area (Å²) in [6.07, 6.45) is 0. The van der Waals surface area contributed by atoms with Gasteiger partial charge in [-0.25, -0.2) is 0 Å². The standard InChI is InChI=1S/C93H77N3O2/c1-90(2,3)62-42-44-65(45-43-62)93(66-50-56-71(57-51-66)94(69-52-46-63(47-53-69)91(4,5)6)70-54-48-64(49-55-70)92(7,8)9)76-59-81(96(68-32-14-11-15-33-68)79-39-25-29-61-27-17-19-35-73(61)79)88-85(75-37-21-23-41-83(75)97-88)86(76)87-77(93)58-80(84-74-36-20-22-40-82(74)98-89(84)87)95(67-30-12-10-13-31-67)78-38-24-28-60-26-16-18-34-72(60)78/h10-59H,1-9H3. The molecule has 1 unspecified atom stereocenters. The molecule has 2 aromatic heterocycles. The van der Waals surface area contributed by atoms with E-state index in [1.165, 1.54) is 16.7 Å². The summed E-state index contributed by atoms with van der Waals surface area (Å²) in [6, 6.07) is 112. The van der Waals surface area contributed by atoms with Crippen LogP contribution in [0.25, 0.3) is 76.5 Å². The van der Waals surface area contributed by atoms with Crippen molar-refractivity contribution in [3.05, 3.63) is 342 Å². The molecule has 17 rings (SSSR count). The second-order valence-electron chi connectivity index (χ2n) is 29.6. The minimum atomic E-state index is -1.06. The van der Waals surface area contributed by atoms with Gasteiger partial charge in [0.1, 0.15) is 16.7 Å². The monoisotopic (exact) mass is 1270 g/mol. The highest BCUT2D eigenvalue weighted by Crippen LogP contribution is 2.65. The Morgan fingerprint density at radius 3 is 1.09 bits per heavy atom. The average Bonchev–Trinajstić information content (AvgIpc) is 1.50. The fourth-order valence-electron chi connectivity index (χ4n) is 15.7. The summed E-state index contributed by atoms with van der Waals surface area (Å²) < 4.78 is 15.3. The van der Waals surface area contributed by atoms with E-state index in [1.807, 2.05) is 0 Å². The molecule has 0 amide bonds. The third-order valence-electron chi connectivity index (χ3n) is 20.6. The van der Waals surface area contributed by atoms with E-state index in [1.54, 1.807) is 0 Å². The summed E-state index contributed by atoms with van der Waals surface area (Å²) in [6.45, 7) is 20.6. The van der Waals surface area contributed by atoms with Crippen LogP contribution in [0.2, 0.25) is 0 Å². The van der Waals surface area contributed by atoms with Crippen LogP contribution in [0, 0.1) is 0 Å². The molecule has 0 bridgehead atoms. The van der Waals surface area contributed by atoms with Gasteiger partial charge in [0.25, 0.3) is 0 Å². The van der Waals surface area contributed by atoms with Gasteiger partial charge in [0.2, 0.25) is 0 Å². The summed E-state index contributed by atoms with van der Waals surface area (Å²) in [5, 5.41) is 8.66. The van der Waals surface area contributed by atoms with Crippen molar-refractivity contribution in [1.29, 1.82) is 0 Å². The number of fused-ring (bicyclic) bond motifs is 13. The van der Waals surface area contributed by atoms with Gasteiger partial charge in [0.15, 0.2) is 5.58 Å². The molecule has 1 aliphatic carbocycles. The Hall–Kier alpha value is -11.4. The maximum Gasteiger partial charge on any atom is 0.160 e. The quantitative estimate of drug-likeness (QED) is 0.129. The fraction of sp³-hybridized carbons (Fsp3) is 0.140. The van der Waals surface area contributed by atoms with Crippen molar-refractivity contribution in [3.63, 3.8) is 0 Å². The van der Waals surface area contributed by atoms with Crippen molar-refractivity contribution in [2.75, 3.05) is 14.7 Å². The van der Waals surface area contributed by atoms with E-state index in [4.69, 9.17) is 8.83 Å². The number of benzene rings is 14. The molecule has 0 saturated heterocycles. The minimum absolute atomic E-state index is 0.0192. The molecule has 1 aliphatic rings. The van der Waals surface area contributed by atoms with E-state index in [2.05, 4.69) is 380 Å². The van der Waals surface area contributed by atoms with Crippen molar-refractivity contribution in [1.82, 2.24) is 0 Å². The normalized spacial score (nSPS) is 14.0. The van der Waals surface area contributed by atoms with Gasteiger partial charge in [0.05, 0.1) is 33.6 Å². The van der Waals surface area contributed by atoms with Crippen LogP contribution in [0.3, 0.4) is 0 Å². The number of hydrogen-bond acceptors (Lipinski definition) is 5. The lowest BCUT2D eigenvalue weighted by Crippen LogP contribution is -2.29. The van der Waals surface area contributed by atoms with Crippen LogP contribution < -0.4 is 14.7 Å². The second kappa shape index (κ2) is 22.9. The molecule has 5 heteroatoms. The van der Waals surface area contributed by atoms with Crippen LogP contribution >= 0.6 is 0 Å². The van der Waals surface area contributed by atoms with E-state index in [9.17, 15) is 0 Å². The number of anilines is 9. The molecular weight excluding hydrogens is 1190 g/mol. The Morgan fingerprint density at radius 2 is 0.612 bits per heavy atom. The Labute approximate surface area is 574 Å². The van der Waals surface area contributed by atoms with Crippen molar-refractivity contribution in [2.24, 2.45) is 0 Å². The molecule has 5 nitrogen and oxygen atoms in total. The lowest BCUT2D eigenvalue weighted by molar-refractivity contribution is 0.589. The zero-order valence-corrected chi connectivity index (χ0v) is 57.0. The molecule has 0 spiro atoms. The summed E-state index contributed by atoms with van der Waals surface area (Å²) >= 11 is 0. The molecule has 16 aromatic rings. The molecule has 0 aliphatic heterocycles. The molecule has 0 radical (unpaired) electrons. The van der Waals surface area contributed by atoms with Gasteiger partial charge in [-0.3, -0.25) is 0 Å². The van der Waals surface area contributed by atoms with Gasteiger partial charge in [-0.05, 0) is 163 Å². The first-order chi connectivity index (χ1) is 47.5. The first-order valence-corrected chi connectivity index (χ1v) is 34.4. The van der Waals surface area contributed by atoms with E-state index in [-0.39, 0.29) is 16.2 Å². The highest BCUT2D eigenvalue weighted by atomic mass is 16.3. The smallest absolute Gasteiger partial charge is 0.160 e. The highest BCUT2D eigenvalue weighted by Gasteiger charge is 2.51. The second-order valence-corrected chi connectivity index (χ2v) is 29.6. The Balaban J connectivity index is 1.05. The topological polar surface area (TPSA) is 36.0 Å². The van der Waals surface area contributed by atoms with E-state index >= 15 is 0 Å². The van der Waals surface area contributed by atoms with Gasteiger partial charge in [0, 0.05) is 66.5 Å². The fourth-order valence-corrected chi connectivity index (χ4v) is 15.7. The van der Waals surface area contributed by atoms with Crippen LogP contribution in [0.5, 0.6) is 0 Å². The molecule has 476 valence electrons. The van der Waals surface area contributed by atoms with E-state index in [0.29, 0.717) is 0 Å². The van der Waals surface area contributed by atoms with Gasteiger partial charge in [-0.2, -0.15) is 0 Å². The van der Waals surface area contributed by atoms with Gasteiger partial charge in [-0.1, -0.05) is 269 Å². The maximum absolute atomic E-state index is 7.77. The van der Waals surface area contributed by atoms with Crippen LogP contribution in [-0.4, -0.2) is 0 Å². The molecule has 0 N–H and O–H groups in total. The van der Waals surface area contributed by atoms with Crippen LogP contribution in [-0.2, 0) is 21.7 Å². The van der Waals surface area contributed by atoms with Crippen molar-refractivity contribution in [3.8, 4) is 11.1 Å².